The number of ether oxygens (including phenoxy) is 1. The molecule has 0 fully saturated rings. The average Bonchev–Trinajstić information content (AvgIpc) is 3.12. The number of amides is 1. The van der Waals surface area contributed by atoms with E-state index in [4.69, 9.17) is 10.5 Å². The zero-order chi connectivity index (χ0) is 25.3. The molecule has 1 unspecified atom stereocenters. The van der Waals surface area contributed by atoms with E-state index in [0.29, 0.717) is 18.4 Å². The zero-order valence-corrected chi connectivity index (χ0v) is 20.3. The lowest BCUT2D eigenvalue weighted by atomic mass is 9.75. The summed E-state index contributed by atoms with van der Waals surface area (Å²) in [5.41, 5.74) is 3.24. The molecule has 8 heteroatoms. The highest BCUT2D eigenvalue weighted by molar-refractivity contribution is 5.97. The van der Waals surface area contributed by atoms with Crippen molar-refractivity contribution in [3.63, 3.8) is 0 Å². The summed E-state index contributed by atoms with van der Waals surface area (Å²) in [6, 6.07) is 8.57. The Balaban J connectivity index is 2.21. The lowest BCUT2D eigenvalue weighted by Crippen LogP contribution is -2.50. The topological polar surface area (TPSA) is 67.9 Å². The molecule has 2 N–H and O–H groups in total. The number of nitrogens with zero attached hydrogens (tertiary/aromatic N) is 2. The average molecular weight is 476 g/mol. The van der Waals surface area contributed by atoms with Crippen LogP contribution in [0.3, 0.4) is 0 Å². The Morgan fingerprint density at radius 3 is 2.35 bits per heavy atom. The highest BCUT2D eigenvalue weighted by Crippen LogP contribution is 2.45. The van der Waals surface area contributed by atoms with Gasteiger partial charge in [-0.1, -0.05) is 46.8 Å². The van der Waals surface area contributed by atoms with Crippen LogP contribution < -0.4 is 5.73 Å². The van der Waals surface area contributed by atoms with E-state index < -0.39 is 28.6 Å². The van der Waals surface area contributed by atoms with Crippen molar-refractivity contribution < 1.29 is 22.7 Å². The number of carbonyl (C=O) groups is 1. The Hall–Kier alpha value is -2.87. The summed E-state index contributed by atoms with van der Waals surface area (Å²) >= 11 is 0. The minimum atomic E-state index is -1.57. The van der Waals surface area contributed by atoms with Gasteiger partial charge >= 0.3 is 0 Å². The Morgan fingerprint density at radius 2 is 1.74 bits per heavy atom. The SMILES string of the molecule is CC(C)(C)CC(C)(C)C(=O)N1N=C(c2cc(F)ccc2F)OC1(CCCN)c1cccc(F)c1. The number of hydrazone groups is 1. The molecule has 0 aliphatic carbocycles. The van der Waals surface area contributed by atoms with Gasteiger partial charge in [0.2, 0.25) is 11.6 Å². The van der Waals surface area contributed by atoms with Crippen molar-refractivity contribution in [2.45, 2.75) is 59.6 Å². The predicted molar refractivity (Wildman–Crippen MR) is 125 cm³/mol. The van der Waals surface area contributed by atoms with Crippen LogP contribution in [0.4, 0.5) is 13.2 Å². The molecule has 1 amide bonds. The van der Waals surface area contributed by atoms with Crippen LogP contribution in [0.2, 0.25) is 0 Å². The second-order valence-electron chi connectivity index (χ2n) is 10.6. The van der Waals surface area contributed by atoms with Gasteiger partial charge in [-0.2, -0.15) is 5.01 Å². The van der Waals surface area contributed by atoms with Crippen molar-refractivity contribution in [3.8, 4) is 0 Å². The number of halogens is 3. The molecule has 3 rings (SSSR count). The summed E-state index contributed by atoms with van der Waals surface area (Å²) in [6.07, 6.45) is 1.10. The molecule has 34 heavy (non-hydrogen) atoms. The molecule has 1 atom stereocenters. The highest BCUT2D eigenvalue weighted by Gasteiger charge is 2.53. The quantitative estimate of drug-likeness (QED) is 0.560. The second kappa shape index (κ2) is 9.41. The van der Waals surface area contributed by atoms with Gasteiger partial charge in [-0.15, -0.1) is 5.10 Å². The second-order valence-corrected chi connectivity index (χ2v) is 10.6. The fraction of sp³-hybridized carbons (Fsp3) is 0.462. The van der Waals surface area contributed by atoms with E-state index in [2.05, 4.69) is 5.10 Å². The van der Waals surface area contributed by atoms with Gasteiger partial charge in [-0.25, -0.2) is 13.2 Å². The number of nitrogens with two attached hydrogens (primary N) is 1. The van der Waals surface area contributed by atoms with Gasteiger partial charge < -0.3 is 10.5 Å². The predicted octanol–water partition coefficient (Wildman–Crippen LogP) is 5.68. The zero-order valence-electron chi connectivity index (χ0n) is 20.3. The third kappa shape index (κ3) is 5.27. The lowest BCUT2D eigenvalue weighted by molar-refractivity contribution is -0.163. The minimum Gasteiger partial charge on any atom is -0.443 e. The van der Waals surface area contributed by atoms with Crippen molar-refractivity contribution in [2.75, 3.05) is 6.54 Å². The number of hydrogen-bond acceptors (Lipinski definition) is 4. The van der Waals surface area contributed by atoms with E-state index in [0.717, 1.165) is 18.2 Å². The van der Waals surface area contributed by atoms with E-state index >= 15 is 0 Å². The maximum atomic E-state index is 14.7. The molecule has 2 aromatic rings. The summed E-state index contributed by atoms with van der Waals surface area (Å²) in [4.78, 5) is 14.0. The van der Waals surface area contributed by atoms with Crippen LogP contribution in [-0.4, -0.2) is 23.4 Å². The fourth-order valence-electron chi connectivity index (χ4n) is 4.62. The Morgan fingerprint density at radius 1 is 1.06 bits per heavy atom. The molecule has 0 saturated carbocycles. The van der Waals surface area contributed by atoms with Crippen molar-refractivity contribution in [1.29, 1.82) is 0 Å². The first-order valence-electron chi connectivity index (χ1n) is 11.3. The molecule has 1 heterocycles. The minimum absolute atomic E-state index is 0.175. The Kier molecular flexibility index (Phi) is 7.12. The summed E-state index contributed by atoms with van der Waals surface area (Å²) in [5.74, 6) is -2.59. The van der Waals surface area contributed by atoms with Crippen LogP contribution in [0.5, 0.6) is 0 Å². The number of rotatable bonds is 7. The molecule has 0 aromatic heterocycles. The van der Waals surface area contributed by atoms with E-state index in [9.17, 15) is 18.0 Å². The molecule has 0 radical (unpaired) electrons. The van der Waals surface area contributed by atoms with Gasteiger partial charge in [0, 0.05) is 17.4 Å². The Labute approximate surface area is 198 Å². The summed E-state index contributed by atoms with van der Waals surface area (Å²) in [5, 5.41) is 5.55. The summed E-state index contributed by atoms with van der Waals surface area (Å²) < 4.78 is 49.1. The van der Waals surface area contributed by atoms with Crippen molar-refractivity contribution in [1.82, 2.24) is 5.01 Å². The van der Waals surface area contributed by atoms with Crippen LogP contribution in [-0.2, 0) is 15.3 Å². The molecular weight excluding hydrogens is 443 g/mol. The largest absolute Gasteiger partial charge is 0.443 e. The molecule has 2 aromatic carbocycles. The van der Waals surface area contributed by atoms with Gasteiger partial charge in [0.1, 0.15) is 17.5 Å². The van der Waals surface area contributed by atoms with Crippen LogP contribution in [0.15, 0.2) is 47.6 Å². The normalized spacial score (nSPS) is 18.6. The molecule has 5 nitrogen and oxygen atoms in total. The third-order valence-electron chi connectivity index (χ3n) is 5.70. The molecule has 1 aliphatic heterocycles. The highest BCUT2D eigenvalue weighted by atomic mass is 19.1. The Bertz CT molecular complexity index is 1090. The van der Waals surface area contributed by atoms with Gasteiger partial charge in [-0.05, 0) is 55.1 Å². The molecule has 0 saturated heterocycles. The maximum absolute atomic E-state index is 14.7. The van der Waals surface area contributed by atoms with E-state index in [1.807, 2.05) is 20.8 Å². The summed E-state index contributed by atoms with van der Waals surface area (Å²) in [7, 11) is 0. The van der Waals surface area contributed by atoms with Crippen LogP contribution in [0.1, 0.15) is 65.0 Å². The van der Waals surface area contributed by atoms with Crippen molar-refractivity contribution in [2.24, 2.45) is 21.7 Å². The van der Waals surface area contributed by atoms with Gasteiger partial charge in [-0.3, -0.25) is 4.79 Å². The van der Waals surface area contributed by atoms with Crippen molar-refractivity contribution >= 4 is 11.8 Å². The molecular formula is C26H32F3N3O2. The van der Waals surface area contributed by atoms with Gasteiger partial charge in [0.15, 0.2) is 0 Å². The number of carbonyl (C=O) groups excluding carboxylic acids is 1. The summed E-state index contributed by atoms with van der Waals surface area (Å²) in [6.45, 7) is 9.94. The maximum Gasteiger partial charge on any atom is 0.252 e. The first kappa shape index (κ1) is 25.7. The molecule has 1 aliphatic rings. The number of hydrogen-bond donors (Lipinski definition) is 1. The van der Waals surface area contributed by atoms with E-state index in [1.165, 1.54) is 23.2 Å². The first-order valence-corrected chi connectivity index (χ1v) is 11.3. The first-order chi connectivity index (χ1) is 15.8. The monoisotopic (exact) mass is 475 g/mol. The van der Waals surface area contributed by atoms with E-state index in [-0.39, 0.29) is 35.7 Å². The molecule has 0 spiro atoms. The standard InChI is InChI=1S/C26H32F3N3O2/c1-24(2,3)16-25(4,5)23(33)32-26(12-7-13-30,17-8-6-9-18(27)14-17)34-22(31-32)20-15-19(28)10-11-21(20)29/h6,8-11,14-15H,7,12-13,16,30H2,1-5H3. The van der Waals surface area contributed by atoms with E-state index in [1.54, 1.807) is 19.9 Å². The van der Waals surface area contributed by atoms with Gasteiger partial charge in [0.25, 0.3) is 5.91 Å². The molecule has 184 valence electrons. The lowest BCUT2D eigenvalue weighted by Gasteiger charge is -2.40. The number of benzene rings is 2. The van der Waals surface area contributed by atoms with Gasteiger partial charge in [0.05, 0.1) is 5.56 Å². The molecule has 0 bridgehead atoms. The third-order valence-corrected chi connectivity index (χ3v) is 5.70. The fourth-order valence-corrected chi connectivity index (χ4v) is 4.62. The smallest absolute Gasteiger partial charge is 0.252 e. The van der Waals surface area contributed by atoms with Crippen LogP contribution in [0.25, 0.3) is 0 Å². The van der Waals surface area contributed by atoms with Crippen LogP contribution in [0, 0.1) is 28.3 Å². The van der Waals surface area contributed by atoms with Crippen LogP contribution >= 0.6 is 0 Å². The van der Waals surface area contributed by atoms with Crippen molar-refractivity contribution in [3.05, 3.63) is 71.0 Å².